The van der Waals surface area contributed by atoms with Crippen LogP contribution in [-0.2, 0) is 14.3 Å². The number of ether oxygens (including phenoxy) is 1. The van der Waals surface area contributed by atoms with Crippen molar-refractivity contribution in [1.82, 2.24) is 0 Å². The zero-order valence-electron chi connectivity index (χ0n) is 18.5. The van der Waals surface area contributed by atoms with Crippen LogP contribution in [-0.4, -0.2) is 34.4 Å². The van der Waals surface area contributed by atoms with Crippen molar-refractivity contribution >= 4 is 11.9 Å². The van der Waals surface area contributed by atoms with Gasteiger partial charge in [0.05, 0.1) is 17.9 Å². The average Bonchev–Trinajstić information content (AvgIpc) is 2.89. The van der Waals surface area contributed by atoms with Crippen molar-refractivity contribution in [2.75, 3.05) is 0 Å². The lowest BCUT2D eigenvalue weighted by atomic mass is 9.72. The van der Waals surface area contributed by atoms with Crippen LogP contribution < -0.4 is 0 Å². The first-order valence-corrected chi connectivity index (χ1v) is 9.90. The van der Waals surface area contributed by atoms with E-state index in [2.05, 4.69) is 0 Å². The van der Waals surface area contributed by atoms with Gasteiger partial charge < -0.3 is 14.9 Å². The molecule has 1 aliphatic heterocycles. The largest absolute Gasteiger partial charge is 0.481 e. The lowest BCUT2D eigenvalue weighted by Crippen LogP contribution is -2.38. The molecule has 160 valence electrons. The number of cyclic esters (lactones) is 1. The van der Waals surface area contributed by atoms with Crippen LogP contribution in [0.15, 0.2) is 59.3 Å². The van der Waals surface area contributed by atoms with Gasteiger partial charge in [-0.25, -0.2) is 0 Å². The van der Waals surface area contributed by atoms with E-state index in [1.54, 1.807) is 13.8 Å². The lowest BCUT2D eigenvalue weighted by Gasteiger charge is -2.30. The Morgan fingerprint density at radius 2 is 1.79 bits per heavy atom. The van der Waals surface area contributed by atoms with E-state index >= 15 is 0 Å². The molecule has 0 radical (unpaired) electrons. The highest BCUT2D eigenvalue weighted by Crippen LogP contribution is 2.44. The quantitative estimate of drug-likeness (QED) is 0.352. The molecular formula is C24H34O5. The number of hydrogen-bond donors (Lipinski definition) is 2. The van der Waals surface area contributed by atoms with E-state index in [0.29, 0.717) is 0 Å². The van der Waals surface area contributed by atoms with Crippen LogP contribution in [0.4, 0.5) is 0 Å². The Balaban J connectivity index is 2.91. The third kappa shape index (κ3) is 6.04. The Hall–Kier alpha value is -2.40. The third-order valence-electron chi connectivity index (χ3n) is 5.80. The van der Waals surface area contributed by atoms with Gasteiger partial charge >= 0.3 is 11.9 Å². The minimum atomic E-state index is -0.983. The Bertz CT molecular complexity index is 768. The normalized spacial score (nSPS) is 28.8. The molecule has 5 heteroatoms. The van der Waals surface area contributed by atoms with Crippen molar-refractivity contribution in [3.05, 3.63) is 59.3 Å². The van der Waals surface area contributed by atoms with Crippen LogP contribution in [0.2, 0.25) is 0 Å². The van der Waals surface area contributed by atoms with Crippen LogP contribution in [0.3, 0.4) is 0 Å². The van der Waals surface area contributed by atoms with Crippen LogP contribution in [0.25, 0.3) is 0 Å². The Morgan fingerprint density at radius 1 is 1.17 bits per heavy atom. The molecule has 0 aromatic rings. The fourth-order valence-corrected chi connectivity index (χ4v) is 3.40. The molecule has 1 rings (SSSR count). The van der Waals surface area contributed by atoms with E-state index < -0.39 is 35.4 Å². The van der Waals surface area contributed by atoms with Gasteiger partial charge in [-0.3, -0.25) is 9.59 Å². The summed E-state index contributed by atoms with van der Waals surface area (Å²) in [7, 11) is 0. The summed E-state index contributed by atoms with van der Waals surface area (Å²) in [6.07, 6.45) is 11.8. The molecule has 1 heterocycles. The Kier molecular flexibility index (Phi) is 8.83. The van der Waals surface area contributed by atoms with Gasteiger partial charge in [-0.2, -0.15) is 0 Å². The van der Waals surface area contributed by atoms with Crippen LogP contribution in [0.1, 0.15) is 48.5 Å². The van der Waals surface area contributed by atoms with Crippen molar-refractivity contribution in [3.63, 3.8) is 0 Å². The van der Waals surface area contributed by atoms with E-state index in [1.165, 1.54) is 0 Å². The second-order valence-electron chi connectivity index (χ2n) is 8.05. The number of carboxylic acid groups (broad SMARTS) is 1. The predicted molar refractivity (Wildman–Crippen MR) is 115 cm³/mol. The molecule has 1 unspecified atom stereocenters. The van der Waals surface area contributed by atoms with Gasteiger partial charge in [0.1, 0.15) is 6.10 Å². The summed E-state index contributed by atoms with van der Waals surface area (Å²) >= 11 is 0. The molecule has 1 saturated heterocycles. The number of carbonyl (C=O) groups is 2. The van der Waals surface area contributed by atoms with E-state index in [4.69, 9.17) is 4.74 Å². The van der Waals surface area contributed by atoms with Gasteiger partial charge in [0.15, 0.2) is 0 Å². The predicted octanol–water partition coefficient (Wildman–Crippen LogP) is 4.61. The molecular weight excluding hydrogens is 368 g/mol. The molecule has 0 spiro atoms. The zero-order chi connectivity index (χ0) is 22.4. The summed E-state index contributed by atoms with van der Waals surface area (Å²) in [6, 6.07) is 0. The molecule has 0 aliphatic carbocycles. The highest BCUT2D eigenvalue weighted by atomic mass is 16.6. The molecule has 0 bridgehead atoms. The van der Waals surface area contributed by atoms with E-state index in [1.807, 2.05) is 77.2 Å². The van der Waals surface area contributed by atoms with Gasteiger partial charge in [0.2, 0.25) is 0 Å². The molecule has 5 atom stereocenters. The molecule has 2 N–H and O–H groups in total. The molecule has 1 aliphatic rings. The summed E-state index contributed by atoms with van der Waals surface area (Å²) in [4.78, 5) is 23.4. The molecule has 1 fully saturated rings. The van der Waals surface area contributed by atoms with E-state index in [9.17, 15) is 19.8 Å². The maximum Gasteiger partial charge on any atom is 0.310 e. The number of carboxylic acids is 1. The first kappa shape index (κ1) is 24.6. The summed E-state index contributed by atoms with van der Waals surface area (Å²) in [5.41, 5.74) is 2.08. The SMILES string of the molecule is CC=C(C)C(O)C(C)=CC(C)=CC=CC=C[C@]1(C)[C@@H](C)C(=O)O[C@H]1[C@@H](C)C(=O)O. The van der Waals surface area contributed by atoms with E-state index in [0.717, 1.165) is 16.7 Å². The smallest absolute Gasteiger partial charge is 0.310 e. The van der Waals surface area contributed by atoms with Crippen molar-refractivity contribution < 1.29 is 24.5 Å². The number of rotatable bonds is 8. The van der Waals surface area contributed by atoms with Gasteiger partial charge in [0.25, 0.3) is 0 Å². The van der Waals surface area contributed by atoms with Crippen LogP contribution in [0, 0.1) is 17.3 Å². The van der Waals surface area contributed by atoms with Crippen LogP contribution in [0.5, 0.6) is 0 Å². The second kappa shape index (κ2) is 10.4. The van der Waals surface area contributed by atoms with Crippen molar-refractivity contribution in [2.45, 2.75) is 60.7 Å². The number of allylic oxidation sites excluding steroid dienone is 7. The van der Waals surface area contributed by atoms with Gasteiger partial charge in [-0.15, -0.1) is 0 Å². The van der Waals surface area contributed by atoms with Crippen molar-refractivity contribution in [1.29, 1.82) is 0 Å². The van der Waals surface area contributed by atoms with Crippen molar-refractivity contribution in [3.8, 4) is 0 Å². The highest BCUT2D eigenvalue weighted by molar-refractivity contribution is 5.79. The molecule has 29 heavy (non-hydrogen) atoms. The monoisotopic (exact) mass is 402 g/mol. The number of aliphatic hydroxyl groups excluding tert-OH is 1. The number of aliphatic hydroxyl groups is 1. The number of aliphatic carboxylic acids is 1. The van der Waals surface area contributed by atoms with E-state index in [-0.39, 0.29) is 5.97 Å². The van der Waals surface area contributed by atoms with Gasteiger partial charge in [-0.1, -0.05) is 62.0 Å². The standard InChI is InChI=1S/C24H34O5/c1-8-16(3)20(25)17(4)14-15(2)12-10-9-11-13-24(7)19(6)23(28)29-21(24)18(5)22(26)27/h8-14,18-21,25H,1-7H3,(H,26,27)/t18-,19+,20?,21+,24-/m1/s1. The van der Waals surface area contributed by atoms with Gasteiger partial charge in [0, 0.05) is 5.41 Å². The Labute approximate surface area is 174 Å². The molecule has 0 aromatic heterocycles. The fourth-order valence-electron chi connectivity index (χ4n) is 3.40. The van der Waals surface area contributed by atoms with Crippen molar-refractivity contribution in [2.24, 2.45) is 17.3 Å². The molecule has 5 nitrogen and oxygen atoms in total. The van der Waals surface area contributed by atoms with Crippen LogP contribution >= 0.6 is 0 Å². The molecule has 0 aromatic carbocycles. The molecule has 0 amide bonds. The van der Waals surface area contributed by atoms with Gasteiger partial charge in [-0.05, 0) is 45.8 Å². The lowest BCUT2D eigenvalue weighted by molar-refractivity contribution is -0.153. The summed E-state index contributed by atoms with van der Waals surface area (Å²) < 4.78 is 5.36. The zero-order valence-corrected chi connectivity index (χ0v) is 18.5. The topological polar surface area (TPSA) is 83.8 Å². The summed E-state index contributed by atoms with van der Waals surface area (Å²) in [5.74, 6) is -2.56. The third-order valence-corrected chi connectivity index (χ3v) is 5.80. The minimum Gasteiger partial charge on any atom is -0.481 e. The summed E-state index contributed by atoms with van der Waals surface area (Å²) in [5, 5.41) is 19.5. The first-order chi connectivity index (χ1) is 13.5. The number of esters is 1. The first-order valence-electron chi connectivity index (χ1n) is 9.90. The Morgan fingerprint density at radius 3 is 2.34 bits per heavy atom. The molecule has 0 saturated carbocycles. The number of hydrogen-bond acceptors (Lipinski definition) is 4. The second-order valence-corrected chi connectivity index (χ2v) is 8.05. The maximum absolute atomic E-state index is 12.0. The maximum atomic E-state index is 12.0. The highest BCUT2D eigenvalue weighted by Gasteiger charge is 2.53. The minimum absolute atomic E-state index is 0.370. The average molecular weight is 403 g/mol. The number of carbonyl (C=O) groups excluding carboxylic acids is 1. The summed E-state index contributed by atoms with van der Waals surface area (Å²) in [6.45, 7) is 12.8. The fraction of sp³-hybridized carbons (Fsp3) is 0.500.